The van der Waals surface area contributed by atoms with Crippen LogP contribution in [-0.4, -0.2) is 53.6 Å². The van der Waals surface area contributed by atoms with Crippen LogP contribution in [0.5, 0.6) is 0 Å². The van der Waals surface area contributed by atoms with Gasteiger partial charge in [0.05, 0.1) is 5.56 Å². The third kappa shape index (κ3) is 4.97. The largest absolute Gasteiger partial charge is 0.416 e. The molecule has 8 heteroatoms. The fraction of sp³-hybridized carbons (Fsp3) is 0.571. The number of nitrogens with zero attached hydrogens (tertiary/aromatic N) is 2. The van der Waals surface area contributed by atoms with Crippen molar-refractivity contribution in [1.82, 2.24) is 9.80 Å². The number of benzene rings is 1. The highest BCUT2D eigenvalue weighted by atomic mass is 19.4. The molecule has 2 aliphatic rings. The number of rotatable bonds is 3. The number of amides is 2. The lowest BCUT2D eigenvalue weighted by Gasteiger charge is -2.37. The lowest BCUT2D eigenvalue weighted by atomic mass is 9.88. The summed E-state index contributed by atoms with van der Waals surface area (Å²) in [4.78, 5) is 40.5. The Morgan fingerprint density at radius 1 is 0.897 bits per heavy atom. The molecule has 0 N–H and O–H groups in total. The van der Waals surface area contributed by atoms with E-state index in [9.17, 15) is 27.6 Å². The molecule has 158 valence electrons. The SMILES string of the molecule is CC(=O)N1CCC(C(=O)N2CCCC(C(=O)c3ccc(C(F)(F)F)cc3)C2)CC1. The molecule has 2 fully saturated rings. The minimum Gasteiger partial charge on any atom is -0.343 e. The van der Waals surface area contributed by atoms with E-state index in [1.165, 1.54) is 19.1 Å². The van der Waals surface area contributed by atoms with Crippen LogP contribution < -0.4 is 0 Å². The van der Waals surface area contributed by atoms with Crippen LogP contribution >= 0.6 is 0 Å². The Bertz CT molecular complexity index is 768. The van der Waals surface area contributed by atoms with Crippen molar-refractivity contribution in [3.8, 4) is 0 Å². The zero-order chi connectivity index (χ0) is 21.2. The first-order valence-electron chi connectivity index (χ1n) is 9.92. The van der Waals surface area contributed by atoms with Crippen molar-refractivity contribution < 1.29 is 27.6 Å². The van der Waals surface area contributed by atoms with Gasteiger partial charge in [0, 0.05) is 50.5 Å². The summed E-state index contributed by atoms with van der Waals surface area (Å²) in [5, 5.41) is 0. The monoisotopic (exact) mass is 410 g/mol. The summed E-state index contributed by atoms with van der Waals surface area (Å²) in [6.07, 6.45) is -1.89. The number of alkyl halides is 3. The second-order valence-corrected chi connectivity index (χ2v) is 7.84. The summed E-state index contributed by atoms with van der Waals surface area (Å²) in [5.74, 6) is -0.746. The lowest BCUT2D eigenvalue weighted by molar-refractivity contribution is -0.141. The number of likely N-dealkylation sites (tertiary alicyclic amines) is 2. The molecule has 1 aromatic rings. The Balaban J connectivity index is 1.61. The molecule has 2 aliphatic heterocycles. The minimum atomic E-state index is -4.44. The van der Waals surface area contributed by atoms with Crippen molar-refractivity contribution >= 4 is 17.6 Å². The lowest BCUT2D eigenvalue weighted by Crippen LogP contribution is -2.48. The Hall–Kier alpha value is -2.38. The van der Waals surface area contributed by atoms with Gasteiger partial charge in [0.1, 0.15) is 0 Å². The smallest absolute Gasteiger partial charge is 0.343 e. The van der Waals surface area contributed by atoms with Gasteiger partial charge in [0.2, 0.25) is 11.8 Å². The van der Waals surface area contributed by atoms with E-state index in [2.05, 4.69) is 0 Å². The highest BCUT2D eigenvalue weighted by molar-refractivity contribution is 5.98. The van der Waals surface area contributed by atoms with Crippen LogP contribution in [0, 0.1) is 11.8 Å². The molecule has 2 saturated heterocycles. The number of carbonyl (C=O) groups excluding carboxylic acids is 3. The van der Waals surface area contributed by atoms with Gasteiger partial charge in [-0.25, -0.2) is 0 Å². The minimum absolute atomic E-state index is 0.0103. The number of piperidine rings is 2. The van der Waals surface area contributed by atoms with Crippen LogP contribution in [0.2, 0.25) is 0 Å². The molecule has 0 aliphatic carbocycles. The first-order valence-corrected chi connectivity index (χ1v) is 9.92. The quantitative estimate of drug-likeness (QED) is 0.718. The molecule has 2 heterocycles. The first-order chi connectivity index (χ1) is 13.7. The number of ketones is 1. The van der Waals surface area contributed by atoms with Crippen molar-refractivity contribution in [3.63, 3.8) is 0 Å². The molecule has 0 aromatic heterocycles. The average molecular weight is 410 g/mol. The zero-order valence-corrected chi connectivity index (χ0v) is 16.4. The average Bonchev–Trinajstić information content (AvgIpc) is 2.72. The number of halogens is 3. The van der Waals surface area contributed by atoms with Crippen molar-refractivity contribution in [1.29, 1.82) is 0 Å². The highest BCUT2D eigenvalue weighted by Crippen LogP contribution is 2.30. The topological polar surface area (TPSA) is 57.7 Å². The summed E-state index contributed by atoms with van der Waals surface area (Å²) in [7, 11) is 0. The molecule has 1 unspecified atom stereocenters. The number of Topliss-reactive ketones (excluding diaryl/α,β-unsaturated/α-hetero) is 1. The van der Waals surface area contributed by atoms with E-state index in [0.29, 0.717) is 51.9 Å². The van der Waals surface area contributed by atoms with Crippen LogP contribution in [0.4, 0.5) is 13.2 Å². The van der Waals surface area contributed by atoms with Gasteiger partial charge in [0.15, 0.2) is 5.78 Å². The molecule has 29 heavy (non-hydrogen) atoms. The molecule has 3 rings (SSSR count). The molecular weight excluding hydrogens is 385 g/mol. The Morgan fingerprint density at radius 3 is 2.07 bits per heavy atom. The first kappa shape index (κ1) is 21.3. The fourth-order valence-electron chi connectivity index (χ4n) is 4.15. The van der Waals surface area contributed by atoms with E-state index in [0.717, 1.165) is 12.1 Å². The fourth-order valence-corrected chi connectivity index (χ4v) is 4.15. The van der Waals surface area contributed by atoms with Crippen molar-refractivity contribution in [2.45, 2.75) is 38.8 Å². The number of carbonyl (C=O) groups is 3. The van der Waals surface area contributed by atoms with Gasteiger partial charge < -0.3 is 9.80 Å². The Kier molecular flexibility index (Phi) is 6.29. The normalized spacial score (nSPS) is 21.2. The third-order valence-corrected chi connectivity index (χ3v) is 5.89. The third-order valence-electron chi connectivity index (χ3n) is 5.89. The second kappa shape index (κ2) is 8.55. The van der Waals surface area contributed by atoms with E-state index in [1.54, 1.807) is 9.80 Å². The van der Waals surface area contributed by atoms with E-state index in [4.69, 9.17) is 0 Å². The van der Waals surface area contributed by atoms with Gasteiger partial charge in [-0.3, -0.25) is 14.4 Å². The molecule has 5 nitrogen and oxygen atoms in total. The summed E-state index contributed by atoms with van der Waals surface area (Å²) in [6.45, 7) is 3.53. The van der Waals surface area contributed by atoms with Gasteiger partial charge in [-0.1, -0.05) is 12.1 Å². The summed E-state index contributed by atoms with van der Waals surface area (Å²) >= 11 is 0. The molecule has 0 saturated carbocycles. The van der Waals surface area contributed by atoms with Gasteiger partial charge in [-0.2, -0.15) is 13.2 Å². The standard InChI is InChI=1S/C21H25F3N2O3/c1-14(27)25-11-8-16(9-12-25)20(29)26-10-2-3-17(13-26)19(28)15-4-6-18(7-5-15)21(22,23)24/h4-7,16-17H,2-3,8-13H2,1H3. The molecule has 0 bridgehead atoms. The molecule has 2 amide bonds. The van der Waals surface area contributed by atoms with Crippen LogP contribution in [0.1, 0.15) is 48.5 Å². The molecule has 1 atom stereocenters. The van der Waals surface area contributed by atoms with Gasteiger partial charge in [0.25, 0.3) is 0 Å². The van der Waals surface area contributed by atoms with Crippen molar-refractivity contribution in [3.05, 3.63) is 35.4 Å². The van der Waals surface area contributed by atoms with E-state index in [1.807, 2.05) is 0 Å². The van der Waals surface area contributed by atoms with E-state index >= 15 is 0 Å². The Labute approximate surface area is 167 Å². The van der Waals surface area contributed by atoms with Gasteiger partial charge >= 0.3 is 6.18 Å². The summed E-state index contributed by atoms with van der Waals surface area (Å²) in [5.41, 5.74) is -0.543. The summed E-state index contributed by atoms with van der Waals surface area (Å²) < 4.78 is 38.1. The Morgan fingerprint density at radius 2 is 1.52 bits per heavy atom. The zero-order valence-electron chi connectivity index (χ0n) is 16.4. The second-order valence-electron chi connectivity index (χ2n) is 7.84. The highest BCUT2D eigenvalue weighted by Gasteiger charge is 2.35. The summed E-state index contributed by atoms with van der Waals surface area (Å²) in [6, 6.07) is 4.26. The molecule has 1 aromatic carbocycles. The number of hydrogen-bond donors (Lipinski definition) is 0. The maximum absolute atomic E-state index is 12.9. The van der Waals surface area contributed by atoms with Crippen molar-refractivity contribution in [2.24, 2.45) is 11.8 Å². The maximum atomic E-state index is 12.9. The van der Waals surface area contributed by atoms with Crippen molar-refractivity contribution in [2.75, 3.05) is 26.2 Å². The van der Waals surface area contributed by atoms with Crippen LogP contribution in [0.3, 0.4) is 0 Å². The van der Waals surface area contributed by atoms with Gasteiger partial charge in [-0.05, 0) is 37.8 Å². The molecule has 0 radical (unpaired) electrons. The van der Waals surface area contributed by atoms with Crippen LogP contribution in [0.15, 0.2) is 24.3 Å². The molecular formula is C21H25F3N2O3. The van der Waals surface area contributed by atoms with Crippen LogP contribution in [-0.2, 0) is 15.8 Å². The predicted octanol–water partition coefficient (Wildman–Crippen LogP) is 3.39. The van der Waals surface area contributed by atoms with E-state index in [-0.39, 0.29) is 29.1 Å². The van der Waals surface area contributed by atoms with E-state index < -0.39 is 17.7 Å². The van der Waals surface area contributed by atoms with Crippen LogP contribution in [0.25, 0.3) is 0 Å². The predicted molar refractivity (Wildman–Crippen MR) is 100 cm³/mol. The number of hydrogen-bond acceptors (Lipinski definition) is 3. The van der Waals surface area contributed by atoms with Gasteiger partial charge in [-0.15, -0.1) is 0 Å². The molecule has 0 spiro atoms. The maximum Gasteiger partial charge on any atom is 0.416 e.